The van der Waals surface area contributed by atoms with Crippen molar-refractivity contribution in [3.05, 3.63) is 35.9 Å². The Kier molecular flexibility index (Phi) is 4.79. The molecule has 0 bridgehead atoms. The van der Waals surface area contributed by atoms with Crippen molar-refractivity contribution in [2.24, 2.45) is 5.73 Å². The Labute approximate surface area is 92.1 Å². The minimum Gasteiger partial charge on any atom is -0.392 e. The van der Waals surface area contributed by atoms with Crippen molar-refractivity contribution in [3.63, 3.8) is 0 Å². The van der Waals surface area contributed by atoms with Gasteiger partial charge < -0.3 is 10.8 Å². The normalized spacial score (nSPS) is 17.1. The summed E-state index contributed by atoms with van der Waals surface area (Å²) in [6.07, 6.45) is 1.38. The molecule has 0 spiro atoms. The van der Waals surface area contributed by atoms with Crippen LogP contribution in [0, 0.1) is 0 Å². The Morgan fingerprint density at radius 2 is 1.87 bits per heavy atom. The number of nitrogens with two attached hydrogens (primary N) is 1. The van der Waals surface area contributed by atoms with Crippen LogP contribution < -0.4 is 5.73 Å². The number of aliphatic hydroxyl groups excluding tert-OH is 1. The van der Waals surface area contributed by atoms with Crippen molar-refractivity contribution in [1.29, 1.82) is 0 Å². The molecule has 0 fully saturated rings. The molecular weight excluding hydrogens is 186 g/mol. The predicted molar refractivity (Wildman–Crippen MR) is 63.7 cm³/mol. The van der Waals surface area contributed by atoms with Crippen LogP contribution in [-0.2, 0) is 0 Å². The van der Waals surface area contributed by atoms with E-state index in [1.165, 1.54) is 5.56 Å². The van der Waals surface area contributed by atoms with Crippen LogP contribution in [0.15, 0.2) is 30.3 Å². The Morgan fingerprint density at radius 1 is 1.27 bits per heavy atom. The summed E-state index contributed by atoms with van der Waals surface area (Å²) in [5, 5.41) is 9.76. The molecule has 3 atom stereocenters. The van der Waals surface area contributed by atoms with Crippen LogP contribution in [0.5, 0.6) is 0 Å². The van der Waals surface area contributed by atoms with Crippen LogP contribution in [0.2, 0.25) is 0 Å². The van der Waals surface area contributed by atoms with E-state index < -0.39 is 6.10 Å². The molecule has 1 aromatic carbocycles. The molecule has 0 saturated heterocycles. The zero-order chi connectivity index (χ0) is 11.3. The smallest absolute Gasteiger partial charge is 0.0694 e. The van der Waals surface area contributed by atoms with Crippen molar-refractivity contribution in [1.82, 2.24) is 0 Å². The first-order valence-corrected chi connectivity index (χ1v) is 5.63. The lowest BCUT2D eigenvalue weighted by Crippen LogP contribution is -2.32. The molecule has 2 nitrogen and oxygen atoms in total. The standard InChI is InChI=1S/C13H21NO/c1-3-11(9-13(15)10(2)14)12-7-5-4-6-8-12/h4-8,10-11,13,15H,3,9,14H2,1-2H3/t10-,11+,13+/m1/s1. The van der Waals surface area contributed by atoms with Crippen LogP contribution >= 0.6 is 0 Å². The topological polar surface area (TPSA) is 46.2 Å². The van der Waals surface area contributed by atoms with Crippen molar-refractivity contribution in [2.75, 3.05) is 0 Å². The SMILES string of the molecule is CC[C@@H](C[C@H](O)[C@@H](C)N)c1ccccc1. The largest absolute Gasteiger partial charge is 0.392 e. The minimum absolute atomic E-state index is 0.150. The number of aliphatic hydroxyl groups is 1. The number of benzene rings is 1. The van der Waals surface area contributed by atoms with Crippen molar-refractivity contribution in [3.8, 4) is 0 Å². The Balaban J connectivity index is 2.65. The van der Waals surface area contributed by atoms with Crippen LogP contribution in [0.25, 0.3) is 0 Å². The number of hydrogen-bond acceptors (Lipinski definition) is 2. The van der Waals surface area contributed by atoms with Gasteiger partial charge in [0.25, 0.3) is 0 Å². The maximum atomic E-state index is 9.76. The average molecular weight is 207 g/mol. The lowest BCUT2D eigenvalue weighted by atomic mass is 9.89. The van der Waals surface area contributed by atoms with E-state index in [2.05, 4.69) is 19.1 Å². The van der Waals surface area contributed by atoms with Gasteiger partial charge in [-0.05, 0) is 31.2 Å². The van der Waals surface area contributed by atoms with Crippen LogP contribution in [-0.4, -0.2) is 17.3 Å². The second-order valence-electron chi connectivity index (χ2n) is 4.18. The molecule has 0 unspecified atom stereocenters. The molecule has 0 aromatic heterocycles. The number of rotatable bonds is 5. The minimum atomic E-state index is -0.407. The molecule has 3 N–H and O–H groups in total. The molecule has 0 aliphatic rings. The van der Waals surface area contributed by atoms with E-state index in [4.69, 9.17) is 5.73 Å². The molecule has 0 aliphatic carbocycles. The lowest BCUT2D eigenvalue weighted by molar-refractivity contribution is 0.131. The number of hydrogen-bond donors (Lipinski definition) is 2. The van der Waals surface area contributed by atoms with E-state index in [0.717, 1.165) is 12.8 Å². The third kappa shape index (κ3) is 3.65. The predicted octanol–water partition coefficient (Wildman–Crippen LogP) is 2.28. The first kappa shape index (κ1) is 12.2. The zero-order valence-corrected chi connectivity index (χ0v) is 9.56. The van der Waals surface area contributed by atoms with Crippen LogP contribution in [0.3, 0.4) is 0 Å². The molecular formula is C13H21NO. The van der Waals surface area contributed by atoms with Gasteiger partial charge in [0.15, 0.2) is 0 Å². The molecule has 0 amide bonds. The van der Waals surface area contributed by atoms with Crippen LogP contribution in [0.1, 0.15) is 38.2 Å². The molecule has 0 heterocycles. The van der Waals surface area contributed by atoms with Gasteiger partial charge in [0, 0.05) is 6.04 Å². The highest BCUT2D eigenvalue weighted by molar-refractivity contribution is 5.19. The van der Waals surface area contributed by atoms with E-state index in [0.29, 0.717) is 5.92 Å². The highest BCUT2D eigenvalue weighted by Crippen LogP contribution is 2.24. The summed E-state index contributed by atoms with van der Waals surface area (Å²) in [6.45, 7) is 3.99. The molecule has 0 radical (unpaired) electrons. The van der Waals surface area contributed by atoms with Crippen molar-refractivity contribution >= 4 is 0 Å². The van der Waals surface area contributed by atoms with Gasteiger partial charge in [-0.15, -0.1) is 0 Å². The second-order valence-corrected chi connectivity index (χ2v) is 4.18. The maximum Gasteiger partial charge on any atom is 0.0694 e. The summed E-state index contributed by atoms with van der Waals surface area (Å²) in [5.41, 5.74) is 6.96. The van der Waals surface area contributed by atoms with Gasteiger partial charge in [-0.2, -0.15) is 0 Å². The molecule has 2 heteroatoms. The summed E-state index contributed by atoms with van der Waals surface area (Å²) in [5.74, 6) is 0.409. The second kappa shape index (κ2) is 5.89. The van der Waals surface area contributed by atoms with Gasteiger partial charge in [0.2, 0.25) is 0 Å². The highest BCUT2D eigenvalue weighted by Gasteiger charge is 2.17. The van der Waals surface area contributed by atoms with E-state index in [9.17, 15) is 5.11 Å². The average Bonchev–Trinajstić information content (AvgIpc) is 2.26. The Morgan fingerprint density at radius 3 is 2.33 bits per heavy atom. The van der Waals surface area contributed by atoms with E-state index in [1.807, 2.05) is 25.1 Å². The molecule has 1 aromatic rings. The third-order valence-electron chi connectivity index (χ3n) is 2.90. The monoisotopic (exact) mass is 207 g/mol. The third-order valence-corrected chi connectivity index (χ3v) is 2.90. The Bertz CT molecular complexity index is 271. The summed E-state index contributed by atoms with van der Waals surface area (Å²) >= 11 is 0. The molecule has 15 heavy (non-hydrogen) atoms. The lowest BCUT2D eigenvalue weighted by Gasteiger charge is -2.21. The quantitative estimate of drug-likeness (QED) is 0.778. The fourth-order valence-corrected chi connectivity index (χ4v) is 1.77. The van der Waals surface area contributed by atoms with Gasteiger partial charge in [-0.25, -0.2) is 0 Å². The van der Waals surface area contributed by atoms with E-state index >= 15 is 0 Å². The van der Waals surface area contributed by atoms with Gasteiger partial charge in [0.1, 0.15) is 0 Å². The Hall–Kier alpha value is -0.860. The molecule has 84 valence electrons. The van der Waals surface area contributed by atoms with Gasteiger partial charge in [-0.3, -0.25) is 0 Å². The first-order chi connectivity index (χ1) is 7.15. The van der Waals surface area contributed by atoms with Gasteiger partial charge in [-0.1, -0.05) is 37.3 Å². The molecule has 0 aliphatic heterocycles. The molecule has 1 rings (SSSR count). The summed E-state index contributed by atoms with van der Waals surface area (Å²) in [4.78, 5) is 0. The van der Waals surface area contributed by atoms with Crippen LogP contribution in [0.4, 0.5) is 0 Å². The maximum absolute atomic E-state index is 9.76. The first-order valence-electron chi connectivity index (χ1n) is 5.63. The van der Waals surface area contributed by atoms with Crippen molar-refractivity contribution in [2.45, 2.75) is 44.8 Å². The highest BCUT2D eigenvalue weighted by atomic mass is 16.3. The summed E-state index contributed by atoms with van der Waals surface area (Å²) < 4.78 is 0. The molecule has 0 saturated carbocycles. The van der Waals surface area contributed by atoms with E-state index in [1.54, 1.807) is 0 Å². The fraction of sp³-hybridized carbons (Fsp3) is 0.538. The van der Waals surface area contributed by atoms with Gasteiger partial charge >= 0.3 is 0 Å². The fourth-order valence-electron chi connectivity index (χ4n) is 1.77. The zero-order valence-electron chi connectivity index (χ0n) is 9.56. The summed E-state index contributed by atoms with van der Waals surface area (Å²) in [7, 11) is 0. The van der Waals surface area contributed by atoms with Crippen molar-refractivity contribution < 1.29 is 5.11 Å². The van der Waals surface area contributed by atoms with E-state index in [-0.39, 0.29) is 6.04 Å². The summed E-state index contributed by atoms with van der Waals surface area (Å²) in [6, 6.07) is 10.2. The van der Waals surface area contributed by atoms with Gasteiger partial charge in [0.05, 0.1) is 6.10 Å².